The number of amides is 2. The molecule has 27 heavy (non-hydrogen) atoms. The Morgan fingerprint density at radius 3 is 2.41 bits per heavy atom. The van der Waals surface area contributed by atoms with Gasteiger partial charge in [-0.25, -0.2) is 8.42 Å². The zero-order chi connectivity index (χ0) is 19.7. The van der Waals surface area contributed by atoms with Gasteiger partial charge in [-0.05, 0) is 37.5 Å². The van der Waals surface area contributed by atoms with Crippen LogP contribution >= 0.6 is 11.6 Å². The van der Waals surface area contributed by atoms with Crippen LogP contribution in [0.5, 0.6) is 0 Å². The van der Waals surface area contributed by atoms with Crippen molar-refractivity contribution < 1.29 is 18.0 Å². The summed E-state index contributed by atoms with van der Waals surface area (Å²) in [5.41, 5.74) is 0.221. The third-order valence-corrected chi connectivity index (χ3v) is 7.49. The highest BCUT2D eigenvalue weighted by Crippen LogP contribution is 2.42. The first kappa shape index (κ1) is 20.1. The molecular weight excluding hydrogens is 388 g/mol. The fourth-order valence-electron chi connectivity index (χ4n) is 4.01. The van der Waals surface area contributed by atoms with Crippen molar-refractivity contribution >= 4 is 33.3 Å². The minimum absolute atomic E-state index is 0.0220. The summed E-state index contributed by atoms with van der Waals surface area (Å²) in [4.78, 5) is 27.3. The van der Waals surface area contributed by atoms with E-state index in [9.17, 15) is 18.0 Å². The van der Waals surface area contributed by atoms with Crippen molar-refractivity contribution in [1.29, 1.82) is 0 Å². The maximum atomic E-state index is 13.2. The zero-order valence-electron chi connectivity index (χ0n) is 15.4. The molecule has 1 unspecified atom stereocenters. The van der Waals surface area contributed by atoms with Gasteiger partial charge in [-0.2, -0.15) is 0 Å². The number of nitrogens with zero attached hydrogens (tertiary/aromatic N) is 1. The normalized spacial score (nSPS) is 22.2. The average Bonchev–Trinajstić information content (AvgIpc) is 3.12. The first-order valence-corrected chi connectivity index (χ1v) is 11.5. The summed E-state index contributed by atoms with van der Waals surface area (Å²) in [5, 5.41) is 3.46. The molecule has 1 aliphatic heterocycles. The molecule has 8 heteroatoms. The van der Waals surface area contributed by atoms with E-state index in [1.54, 1.807) is 13.0 Å². The van der Waals surface area contributed by atoms with E-state index >= 15 is 0 Å². The summed E-state index contributed by atoms with van der Waals surface area (Å²) >= 11 is 6.13. The number of carbonyl (C=O) groups excluding carboxylic acids is 2. The highest BCUT2D eigenvalue weighted by molar-refractivity contribution is 7.91. The zero-order valence-corrected chi connectivity index (χ0v) is 17.0. The first-order valence-electron chi connectivity index (χ1n) is 9.30. The van der Waals surface area contributed by atoms with Crippen LogP contribution in [0.25, 0.3) is 0 Å². The van der Waals surface area contributed by atoms with Crippen molar-refractivity contribution in [2.45, 2.75) is 44.1 Å². The summed E-state index contributed by atoms with van der Waals surface area (Å²) < 4.78 is 23.1. The van der Waals surface area contributed by atoms with Crippen molar-refractivity contribution in [3.63, 3.8) is 0 Å². The van der Waals surface area contributed by atoms with Crippen LogP contribution in [-0.2, 0) is 24.8 Å². The molecule has 0 radical (unpaired) electrons. The van der Waals surface area contributed by atoms with Gasteiger partial charge in [-0.1, -0.05) is 36.6 Å². The summed E-state index contributed by atoms with van der Waals surface area (Å²) in [5.74, 6) is -0.442. The van der Waals surface area contributed by atoms with Gasteiger partial charge in [-0.15, -0.1) is 0 Å². The van der Waals surface area contributed by atoms with Crippen LogP contribution < -0.4 is 5.32 Å². The molecule has 6 nitrogen and oxygen atoms in total. The highest BCUT2D eigenvalue weighted by atomic mass is 35.5. The van der Waals surface area contributed by atoms with Gasteiger partial charge in [0.15, 0.2) is 9.84 Å². The Morgan fingerprint density at radius 2 is 1.81 bits per heavy atom. The lowest BCUT2D eigenvalue weighted by atomic mass is 9.78. The standard InChI is InChI=1S/C19H25ClN2O4S/c1-14(17(23)22-9-11-27(25,26)12-10-22)21-18(24)19(7-2-3-8-19)15-5-4-6-16(20)13-15/h4-6,13-14H,2-3,7-12H2,1H3,(H,21,24). The molecule has 1 aliphatic carbocycles. The van der Waals surface area contributed by atoms with Gasteiger partial charge in [0.05, 0.1) is 16.9 Å². The quantitative estimate of drug-likeness (QED) is 0.818. The van der Waals surface area contributed by atoms with E-state index in [0.717, 1.165) is 31.2 Å². The third-order valence-electron chi connectivity index (χ3n) is 5.64. The molecule has 0 aromatic heterocycles. The second kappa shape index (κ2) is 7.80. The summed E-state index contributed by atoms with van der Waals surface area (Å²) in [6, 6.07) is 6.67. The van der Waals surface area contributed by atoms with Crippen LogP contribution in [0, 0.1) is 0 Å². The number of hydrogen-bond donors (Lipinski definition) is 1. The van der Waals surface area contributed by atoms with Crippen LogP contribution in [0.15, 0.2) is 24.3 Å². The molecule has 1 saturated heterocycles. The maximum Gasteiger partial charge on any atom is 0.244 e. The molecule has 2 amide bonds. The molecule has 0 bridgehead atoms. The van der Waals surface area contributed by atoms with Crippen LogP contribution in [0.2, 0.25) is 5.02 Å². The van der Waals surface area contributed by atoms with Gasteiger partial charge >= 0.3 is 0 Å². The van der Waals surface area contributed by atoms with Crippen molar-refractivity contribution in [3.8, 4) is 0 Å². The van der Waals surface area contributed by atoms with Crippen LogP contribution in [-0.4, -0.2) is 55.8 Å². The predicted molar refractivity (Wildman–Crippen MR) is 104 cm³/mol. The molecule has 1 atom stereocenters. The highest BCUT2D eigenvalue weighted by Gasteiger charge is 2.43. The van der Waals surface area contributed by atoms with E-state index in [2.05, 4.69) is 5.32 Å². The Bertz CT molecular complexity index is 820. The summed E-state index contributed by atoms with van der Waals surface area (Å²) in [7, 11) is -3.05. The second-order valence-corrected chi connectivity index (χ2v) is 10.2. The van der Waals surface area contributed by atoms with E-state index in [1.807, 2.05) is 18.2 Å². The third kappa shape index (κ3) is 4.29. The van der Waals surface area contributed by atoms with E-state index < -0.39 is 21.3 Å². The van der Waals surface area contributed by atoms with Gasteiger partial charge in [0.25, 0.3) is 0 Å². The maximum absolute atomic E-state index is 13.2. The molecule has 2 aliphatic rings. The Balaban J connectivity index is 1.71. The molecule has 1 aromatic carbocycles. The fraction of sp³-hybridized carbons (Fsp3) is 0.579. The van der Waals surface area contributed by atoms with E-state index in [4.69, 9.17) is 11.6 Å². The topological polar surface area (TPSA) is 83.6 Å². The van der Waals surface area contributed by atoms with Crippen molar-refractivity contribution in [3.05, 3.63) is 34.9 Å². The number of hydrogen-bond acceptors (Lipinski definition) is 4. The molecule has 1 heterocycles. The van der Waals surface area contributed by atoms with Crippen LogP contribution in [0.3, 0.4) is 0 Å². The molecule has 148 valence electrons. The number of carbonyl (C=O) groups is 2. The number of benzene rings is 1. The molecular formula is C19H25ClN2O4S. The van der Waals surface area contributed by atoms with Gasteiger partial charge in [0.2, 0.25) is 11.8 Å². The molecule has 1 N–H and O–H groups in total. The molecule has 1 aromatic rings. The van der Waals surface area contributed by atoms with Gasteiger partial charge in [0, 0.05) is 18.1 Å². The lowest BCUT2D eigenvalue weighted by Gasteiger charge is -2.33. The summed E-state index contributed by atoms with van der Waals surface area (Å²) in [6.45, 7) is 2.02. The van der Waals surface area contributed by atoms with Crippen molar-refractivity contribution in [2.24, 2.45) is 0 Å². The van der Waals surface area contributed by atoms with Gasteiger partial charge < -0.3 is 10.2 Å². The minimum Gasteiger partial charge on any atom is -0.344 e. The van der Waals surface area contributed by atoms with E-state index in [0.29, 0.717) is 5.02 Å². The van der Waals surface area contributed by atoms with Gasteiger partial charge in [0.1, 0.15) is 6.04 Å². The Morgan fingerprint density at radius 1 is 1.19 bits per heavy atom. The smallest absolute Gasteiger partial charge is 0.244 e. The monoisotopic (exact) mass is 412 g/mol. The molecule has 1 saturated carbocycles. The minimum atomic E-state index is -3.05. The lowest BCUT2D eigenvalue weighted by Crippen LogP contribution is -2.54. The number of rotatable bonds is 4. The van der Waals surface area contributed by atoms with Crippen LogP contribution in [0.4, 0.5) is 0 Å². The Kier molecular flexibility index (Phi) is 5.82. The Labute approximate surface area is 165 Å². The summed E-state index contributed by atoms with van der Waals surface area (Å²) in [6.07, 6.45) is 3.35. The lowest BCUT2D eigenvalue weighted by molar-refractivity contribution is -0.137. The molecule has 3 rings (SSSR count). The molecule has 0 spiro atoms. The largest absolute Gasteiger partial charge is 0.344 e. The first-order chi connectivity index (χ1) is 12.7. The van der Waals surface area contributed by atoms with E-state index in [1.165, 1.54) is 4.90 Å². The SMILES string of the molecule is CC(NC(=O)C1(c2cccc(Cl)c2)CCCC1)C(=O)N1CCS(=O)(=O)CC1. The predicted octanol–water partition coefficient (Wildman–Crippen LogP) is 1.91. The molecule has 2 fully saturated rings. The van der Waals surface area contributed by atoms with E-state index in [-0.39, 0.29) is 36.4 Å². The van der Waals surface area contributed by atoms with Gasteiger partial charge in [-0.3, -0.25) is 9.59 Å². The average molecular weight is 413 g/mol. The van der Waals surface area contributed by atoms with Crippen molar-refractivity contribution in [2.75, 3.05) is 24.6 Å². The van der Waals surface area contributed by atoms with Crippen molar-refractivity contribution in [1.82, 2.24) is 10.2 Å². The second-order valence-electron chi connectivity index (χ2n) is 7.47. The number of nitrogens with one attached hydrogen (secondary N) is 1. The number of sulfone groups is 1. The fourth-order valence-corrected chi connectivity index (χ4v) is 5.41. The number of halogens is 1. The Hall–Kier alpha value is -1.60. The van der Waals surface area contributed by atoms with Crippen LogP contribution in [0.1, 0.15) is 38.2 Å².